The van der Waals surface area contributed by atoms with Gasteiger partial charge in [-0.25, -0.2) is 18.1 Å². The Morgan fingerprint density at radius 1 is 1.27 bits per heavy atom. The fourth-order valence-corrected chi connectivity index (χ4v) is 4.85. The van der Waals surface area contributed by atoms with Gasteiger partial charge in [-0.3, -0.25) is 0 Å². The van der Waals surface area contributed by atoms with Crippen LogP contribution in [0.15, 0.2) is 39.1 Å². The first kappa shape index (κ1) is 18.6. The van der Waals surface area contributed by atoms with Crippen molar-refractivity contribution in [3.8, 4) is 16.3 Å². The Balaban J connectivity index is 1.67. The number of hydrogen-bond acceptors (Lipinski definition) is 7. The second kappa shape index (κ2) is 7.56. The van der Waals surface area contributed by atoms with Crippen molar-refractivity contribution in [3.63, 3.8) is 0 Å². The first-order chi connectivity index (χ1) is 12.4. The lowest BCUT2D eigenvalue weighted by Gasteiger charge is -2.05. The van der Waals surface area contributed by atoms with Gasteiger partial charge in [0.05, 0.1) is 18.4 Å². The number of para-hydroxylation sites is 1. The van der Waals surface area contributed by atoms with E-state index in [-0.39, 0.29) is 17.2 Å². The number of benzene rings is 1. The van der Waals surface area contributed by atoms with E-state index in [2.05, 4.69) is 14.9 Å². The summed E-state index contributed by atoms with van der Waals surface area (Å²) in [5.74, 6) is 1.04. The minimum Gasteiger partial charge on any atom is -0.496 e. The molecule has 1 aromatic carbocycles. The molecule has 0 saturated heterocycles. The Hall–Kier alpha value is -2.23. The van der Waals surface area contributed by atoms with Gasteiger partial charge < -0.3 is 9.26 Å². The quantitative estimate of drug-likeness (QED) is 0.663. The number of ether oxygens (including phenoxy) is 1. The van der Waals surface area contributed by atoms with Crippen LogP contribution >= 0.6 is 11.3 Å². The fourth-order valence-electron chi connectivity index (χ4n) is 2.61. The number of nitrogens with one attached hydrogen (secondary N) is 1. The molecule has 3 rings (SSSR count). The van der Waals surface area contributed by atoms with Gasteiger partial charge in [0, 0.05) is 18.3 Å². The van der Waals surface area contributed by atoms with Gasteiger partial charge in [0.25, 0.3) is 0 Å². The minimum absolute atomic E-state index is 0.102. The third-order valence-corrected chi connectivity index (χ3v) is 6.43. The Morgan fingerprint density at radius 2 is 2.04 bits per heavy atom. The van der Waals surface area contributed by atoms with E-state index in [4.69, 9.17) is 9.26 Å². The summed E-state index contributed by atoms with van der Waals surface area (Å²) < 4.78 is 37.6. The van der Waals surface area contributed by atoms with Gasteiger partial charge >= 0.3 is 0 Å². The summed E-state index contributed by atoms with van der Waals surface area (Å²) in [6.45, 7) is 3.42. The zero-order valence-electron chi connectivity index (χ0n) is 14.6. The second-order valence-corrected chi connectivity index (χ2v) is 8.21. The average Bonchev–Trinajstić information content (AvgIpc) is 3.21. The smallest absolute Gasteiger partial charge is 0.245 e. The van der Waals surface area contributed by atoms with E-state index in [0.717, 1.165) is 22.0 Å². The van der Waals surface area contributed by atoms with Gasteiger partial charge in [-0.15, -0.1) is 11.3 Å². The van der Waals surface area contributed by atoms with Crippen molar-refractivity contribution in [3.05, 3.63) is 46.8 Å². The van der Waals surface area contributed by atoms with E-state index in [1.54, 1.807) is 21.0 Å². The molecule has 0 aliphatic heterocycles. The van der Waals surface area contributed by atoms with Crippen molar-refractivity contribution < 1.29 is 17.7 Å². The largest absolute Gasteiger partial charge is 0.496 e. The van der Waals surface area contributed by atoms with Gasteiger partial charge in [0.1, 0.15) is 21.3 Å². The molecule has 0 spiro atoms. The molecule has 2 heterocycles. The molecular formula is C17H19N3O4S2. The predicted molar refractivity (Wildman–Crippen MR) is 99.0 cm³/mol. The third kappa shape index (κ3) is 3.79. The van der Waals surface area contributed by atoms with Crippen LogP contribution in [0.1, 0.15) is 17.1 Å². The summed E-state index contributed by atoms with van der Waals surface area (Å²) in [5, 5.41) is 6.45. The molecule has 0 bridgehead atoms. The van der Waals surface area contributed by atoms with Gasteiger partial charge in [-0.05, 0) is 26.0 Å². The van der Waals surface area contributed by atoms with Crippen LogP contribution < -0.4 is 9.46 Å². The van der Waals surface area contributed by atoms with E-state index in [1.807, 2.05) is 29.6 Å². The Kier molecular flexibility index (Phi) is 5.40. The molecule has 0 fully saturated rings. The van der Waals surface area contributed by atoms with Crippen LogP contribution in [0.4, 0.5) is 0 Å². The van der Waals surface area contributed by atoms with Crippen LogP contribution in [0.2, 0.25) is 0 Å². The molecule has 138 valence electrons. The second-order valence-electron chi connectivity index (χ2n) is 5.65. The number of rotatable bonds is 7. The highest BCUT2D eigenvalue weighted by molar-refractivity contribution is 7.89. The van der Waals surface area contributed by atoms with Crippen LogP contribution in [0.25, 0.3) is 10.6 Å². The average molecular weight is 393 g/mol. The van der Waals surface area contributed by atoms with E-state index in [9.17, 15) is 8.42 Å². The maximum absolute atomic E-state index is 12.4. The summed E-state index contributed by atoms with van der Waals surface area (Å²) in [7, 11) is -2.03. The Morgan fingerprint density at radius 3 is 2.73 bits per heavy atom. The molecule has 2 aromatic heterocycles. The highest BCUT2D eigenvalue weighted by Gasteiger charge is 2.23. The lowest BCUT2D eigenvalue weighted by Crippen LogP contribution is -2.26. The van der Waals surface area contributed by atoms with Crippen molar-refractivity contribution in [2.75, 3.05) is 13.7 Å². The van der Waals surface area contributed by atoms with Crippen LogP contribution in [-0.2, 0) is 16.4 Å². The summed E-state index contributed by atoms with van der Waals surface area (Å²) in [6, 6.07) is 7.66. The van der Waals surface area contributed by atoms with Crippen LogP contribution in [0.3, 0.4) is 0 Å². The molecule has 0 aliphatic rings. The third-order valence-electron chi connectivity index (χ3n) is 3.80. The molecule has 0 atom stereocenters. The highest BCUT2D eigenvalue weighted by atomic mass is 32.2. The van der Waals surface area contributed by atoms with Gasteiger partial charge in [0.2, 0.25) is 10.0 Å². The molecule has 7 nitrogen and oxygen atoms in total. The number of nitrogens with zero attached hydrogens (tertiary/aromatic N) is 2. The zero-order valence-corrected chi connectivity index (χ0v) is 16.3. The highest BCUT2D eigenvalue weighted by Crippen LogP contribution is 2.31. The summed E-state index contributed by atoms with van der Waals surface area (Å²) in [4.78, 5) is 4.68. The van der Waals surface area contributed by atoms with Crippen LogP contribution in [0, 0.1) is 13.8 Å². The number of thiazole rings is 1. The predicted octanol–water partition coefficient (Wildman–Crippen LogP) is 2.94. The van der Waals surface area contributed by atoms with Gasteiger partial charge in [0.15, 0.2) is 5.76 Å². The maximum atomic E-state index is 12.4. The maximum Gasteiger partial charge on any atom is 0.245 e. The van der Waals surface area contributed by atoms with Crippen molar-refractivity contribution in [2.24, 2.45) is 0 Å². The van der Waals surface area contributed by atoms with Crippen molar-refractivity contribution in [2.45, 2.75) is 25.2 Å². The van der Waals surface area contributed by atoms with E-state index in [0.29, 0.717) is 12.1 Å². The normalized spacial score (nSPS) is 11.7. The van der Waals surface area contributed by atoms with Gasteiger partial charge in [-0.2, -0.15) is 0 Å². The molecule has 0 saturated carbocycles. The minimum atomic E-state index is -3.66. The fraction of sp³-hybridized carbons (Fsp3) is 0.294. The molecule has 1 N–H and O–H groups in total. The number of aryl methyl sites for hydroxylation is 2. The molecule has 0 unspecified atom stereocenters. The molecule has 3 aromatic rings. The number of sulfonamides is 1. The lowest BCUT2D eigenvalue weighted by atomic mass is 10.2. The van der Waals surface area contributed by atoms with Crippen molar-refractivity contribution >= 4 is 21.4 Å². The molecule has 9 heteroatoms. The molecular weight excluding hydrogens is 374 g/mol. The summed E-state index contributed by atoms with van der Waals surface area (Å²) in [5.41, 5.74) is 2.09. The molecule has 0 aliphatic carbocycles. The molecule has 26 heavy (non-hydrogen) atoms. The van der Waals surface area contributed by atoms with Crippen LogP contribution in [-0.4, -0.2) is 32.2 Å². The van der Waals surface area contributed by atoms with Crippen molar-refractivity contribution in [1.82, 2.24) is 14.9 Å². The first-order valence-electron chi connectivity index (χ1n) is 7.92. The van der Waals surface area contributed by atoms with Crippen LogP contribution in [0.5, 0.6) is 5.75 Å². The lowest BCUT2D eigenvalue weighted by molar-refractivity contribution is 0.390. The van der Waals surface area contributed by atoms with E-state index >= 15 is 0 Å². The summed E-state index contributed by atoms with van der Waals surface area (Å²) >= 11 is 1.50. The topological polar surface area (TPSA) is 94.3 Å². The standard InChI is InChI=1S/C17H19N3O4S2/c1-11-16(12(2)24-20-11)26(21,22)18-9-8-13-10-25-17(19-13)14-6-4-5-7-15(14)23-3/h4-7,10,18H,8-9H2,1-3H3. The Labute approximate surface area is 156 Å². The zero-order chi connectivity index (χ0) is 18.7. The molecule has 0 radical (unpaired) electrons. The molecule has 0 amide bonds. The SMILES string of the molecule is COc1ccccc1-c1nc(CCNS(=O)(=O)c2c(C)noc2C)cs1. The number of hydrogen-bond donors (Lipinski definition) is 1. The number of methoxy groups -OCH3 is 1. The Bertz CT molecular complexity index is 989. The summed E-state index contributed by atoms with van der Waals surface area (Å²) in [6.07, 6.45) is 0.480. The monoisotopic (exact) mass is 393 g/mol. The first-order valence-corrected chi connectivity index (χ1v) is 10.3. The van der Waals surface area contributed by atoms with E-state index < -0.39 is 10.0 Å². The number of aromatic nitrogens is 2. The van der Waals surface area contributed by atoms with Gasteiger partial charge in [-0.1, -0.05) is 17.3 Å². The van der Waals surface area contributed by atoms with E-state index in [1.165, 1.54) is 11.3 Å². The van der Waals surface area contributed by atoms with Crippen molar-refractivity contribution in [1.29, 1.82) is 0 Å².